The van der Waals surface area contributed by atoms with Crippen molar-refractivity contribution in [2.45, 2.75) is 19.1 Å². The third kappa shape index (κ3) is 5.17. The highest BCUT2D eigenvalue weighted by atomic mass is 19.4. The molecule has 2 N–H and O–H groups in total. The van der Waals surface area contributed by atoms with Crippen LogP contribution in [-0.2, 0) is 4.79 Å². The van der Waals surface area contributed by atoms with E-state index in [2.05, 4.69) is 10.1 Å². The zero-order valence-corrected chi connectivity index (χ0v) is 10.4. The van der Waals surface area contributed by atoms with Gasteiger partial charge in [0.2, 0.25) is 0 Å². The first-order chi connectivity index (χ1) is 9.19. The van der Waals surface area contributed by atoms with Crippen LogP contribution in [0.5, 0.6) is 5.75 Å². The van der Waals surface area contributed by atoms with E-state index >= 15 is 0 Å². The number of amides is 1. The second-order valence-electron chi connectivity index (χ2n) is 3.96. The van der Waals surface area contributed by atoms with E-state index in [4.69, 9.17) is 5.11 Å². The monoisotopic (exact) mass is 291 g/mol. The van der Waals surface area contributed by atoms with Crippen molar-refractivity contribution >= 4 is 11.9 Å². The Balaban J connectivity index is 2.62. The Bertz CT molecular complexity index is 484. The van der Waals surface area contributed by atoms with Crippen molar-refractivity contribution in [1.82, 2.24) is 5.32 Å². The number of ether oxygens (including phenoxy) is 1. The van der Waals surface area contributed by atoms with Gasteiger partial charge in [-0.3, -0.25) is 9.59 Å². The average molecular weight is 291 g/mol. The molecule has 0 radical (unpaired) electrons. The van der Waals surface area contributed by atoms with Crippen LogP contribution in [-0.4, -0.2) is 35.8 Å². The van der Waals surface area contributed by atoms with Crippen LogP contribution in [0.2, 0.25) is 0 Å². The highest BCUT2D eigenvalue weighted by Gasteiger charge is 2.28. The standard InChI is InChI=1S/C12H12F3NO4/c1-7(11(18)19)16-10(17)8-2-4-9(5-3-8)20-6-12(13,14)15/h2-5,7H,6H2,1H3,(H,16,17)(H,18,19)/t7-/m1/s1. The molecule has 0 saturated heterocycles. The summed E-state index contributed by atoms with van der Waals surface area (Å²) in [5, 5.41) is 10.8. The molecule has 0 spiro atoms. The lowest BCUT2D eigenvalue weighted by atomic mass is 10.2. The Kier molecular flexibility index (Phi) is 4.95. The number of nitrogens with one attached hydrogen (secondary N) is 1. The zero-order chi connectivity index (χ0) is 15.3. The summed E-state index contributed by atoms with van der Waals surface area (Å²) in [6.45, 7) is -0.129. The topological polar surface area (TPSA) is 75.6 Å². The van der Waals surface area contributed by atoms with Crippen LogP contribution in [0.1, 0.15) is 17.3 Å². The summed E-state index contributed by atoms with van der Waals surface area (Å²) in [5.41, 5.74) is 0.123. The number of halogens is 3. The van der Waals surface area contributed by atoms with Gasteiger partial charge < -0.3 is 15.2 Å². The van der Waals surface area contributed by atoms with Crippen LogP contribution >= 0.6 is 0 Å². The molecule has 1 aromatic rings. The molecule has 0 aromatic heterocycles. The molecule has 0 bridgehead atoms. The molecule has 0 aliphatic rings. The third-order valence-corrected chi connectivity index (χ3v) is 2.24. The Labute approximate surface area is 112 Å². The number of aliphatic carboxylic acids is 1. The summed E-state index contributed by atoms with van der Waals surface area (Å²) in [6.07, 6.45) is -4.44. The number of hydrogen-bond donors (Lipinski definition) is 2. The van der Waals surface area contributed by atoms with Gasteiger partial charge in [-0.25, -0.2) is 0 Å². The summed E-state index contributed by atoms with van der Waals surface area (Å²) < 4.78 is 40.2. The molecule has 20 heavy (non-hydrogen) atoms. The van der Waals surface area contributed by atoms with Gasteiger partial charge in [0, 0.05) is 5.56 Å². The Hall–Kier alpha value is -2.25. The SMILES string of the molecule is C[C@@H](NC(=O)c1ccc(OCC(F)(F)F)cc1)C(=O)O. The molecule has 1 amide bonds. The predicted octanol–water partition coefficient (Wildman–Crippen LogP) is 1.83. The van der Waals surface area contributed by atoms with Gasteiger partial charge in [-0.15, -0.1) is 0 Å². The fourth-order valence-corrected chi connectivity index (χ4v) is 1.21. The minimum absolute atomic E-state index is 0.0369. The van der Waals surface area contributed by atoms with Gasteiger partial charge in [-0.2, -0.15) is 13.2 Å². The van der Waals surface area contributed by atoms with Crippen molar-refractivity contribution in [3.05, 3.63) is 29.8 Å². The number of carboxylic acids is 1. The minimum atomic E-state index is -4.44. The van der Waals surface area contributed by atoms with Crippen molar-refractivity contribution in [3.8, 4) is 5.75 Å². The normalized spacial score (nSPS) is 12.6. The zero-order valence-electron chi connectivity index (χ0n) is 10.4. The number of alkyl halides is 3. The van der Waals surface area contributed by atoms with Crippen molar-refractivity contribution in [2.75, 3.05) is 6.61 Å². The maximum absolute atomic E-state index is 11.9. The second-order valence-corrected chi connectivity index (χ2v) is 3.96. The highest BCUT2D eigenvalue weighted by Crippen LogP contribution is 2.18. The number of carboxylic acid groups (broad SMARTS) is 1. The van der Waals surface area contributed by atoms with Gasteiger partial charge in [0.25, 0.3) is 5.91 Å². The third-order valence-electron chi connectivity index (χ3n) is 2.24. The molecule has 110 valence electrons. The molecule has 0 fully saturated rings. The van der Waals surface area contributed by atoms with E-state index in [1.54, 1.807) is 0 Å². The Morgan fingerprint density at radius 3 is 2.30 bits per heavy atom. The quantitative estimate of drug-likeness (QED) is 0.868. The molecule has 0 saturated carbocycles. The molecule has 1 rings (SSSR count). The first-order valence-electron chi connectivity index (χ1n) is 5.52. The number of benzene rings is 1. The molecule has 8 heteroatoms. The van der Waals surface area contributed by atoms with E-state index in [1.807, 2.05) is 0 Å². The van der Waals surface area contributed by atoms with E-state index in [-0.39, 0.29) is 11.3 Å². The van der Waals surface area contributed by atoms with Crippen molar-refractivity contribution in [1.29, 1.82) is 0 Å². The van der Waals surface area contributed by atoms with Gasteiger partial charge in [0.15, 0.2) is 6.61 Å². The van der Waals surface area contributed by atoms with Gasteiger partial charge in [-0.1, -0.05) is 0 Å². The average Bonchev–Trinajstić information content (AvgIpc) is 2.35. The second kappa shape index (κ2) is 6.27. The lowest BCUT2D eigenvalue weighted by Crippen LogP contribution is -2.38. The summed E-state index contributed by atoms with van der Waals surface area (Å²) >= 11 is 0. The summed E-state index contributed by atoms with van der Waals surface area (Å²) in [4.78, 5) is 22.2. The number of hydrogen-bond acceptors (Lipinski definition) is 3. The van der Waals surface area contributed by atoms with Crippen LogP contribution in [0, 0.1) is 0 Å². The van der Waals surface area contributed by atoms with Crippen LogP contribution in [0.4, 0.5) is 13.2 Å². The lowest BCUT2D eigenvalue weighted by molar-refractivity contribution is -0.153. The number of carbonyl (C=O) groups is 2. The fraction of sp³-hybridized carbons (Fsp3) is 0.333. The smallest absolute Gasteiger partial charge is 0.422 e. The number of rotatable bonds is 5. The maximum Gasteiger partial charge on any atom is 0.422 e. The van der Waals surface area contributed by atoms with E-state index in [1.165, 1.54) is 31.2 Å². The molecular formula is C12H12F3NO4. The van der Waals surface area contributed by atoms with Gasteiger partial charge >= 0.3 is 12.1 Å². The van der Waals surface area contributed by atoms with E-state index in [0.29, 0.717) is 0 Å². The predicted molar refractivity (Wildman–Crippen MR) is 62.6 cm³/mol. The minimum Gasteiger partial charge on any atom is -0.484 e. The molecule has 1 aromatic carbocycles. The molecular weight excluding hydrogens is 279 g/mol. The fourth-order valence-electron chi connectivity index (χ4n) is 1.21. The summed E-state index contributed by atoms with van der Waals surface area (Å²) in [6, 6.07) is 3.83. The molecule has 1 atom stereocenters. The van der Waals surface area contributed by atoms with E-state index in [0.717, 1.165) is 0 Å². The van der Waals surface area contributed by atoms with Gasteiger partial charge in [-0.05, 0) is 31.2 Å². The Morgan fingerprint density at radius 2 is 1.85 bits per heavy atom. The van der Waals surface area contributed by atoms with Crippen LogP contribution < -0.4 is 10.1 Å². The van der Waals surface area contributed by atoms with Crippen LogP contribution in [0.15, 0.2) is 24.3 Å². The molecule has 5 nitrogen and oxygen atoms in total. The van der Waals surface area contributed by atoms with E-state index in [9.17, 15) is 22.8 Å². The van der Waals surface area contributed by atoms with Crippen LogP contribution in [0.3, 0.4) is 0 Å². The maximum atomic E-state index is 11.9. The van der Waals surface area contributed by atoms with E-state index < -0.39 is 30.7 Å². The number of carbonyl (C=O) groups excluding carboxylic acids is 1. The van der Waals surface area contributed by atoms with Crippen molar-refractivity contribution < 1.29 is 32.6 Å². The van der Waals surface area contributed by atoms with Crippen molar-refractivity contribution in [2.24, 2.45) is 0 Å². The largest absolute Gasteiger partial charge is 0.484 e. The highest BCUT2D eigenvalue weighted by molar-refractivity contribution is 5.96. The molecule has 0 heterocycles. The van der Waals surface area contributed by atoms with Crippen molar-refractivity contribution in [3.63, 3.8) is 0 Å². The first-order valence-corrected chi connectivity index (χ1v) is 5.52. The lowest BCUT2D eigenvalue weighted by Gasteiger charge is -2.11. The summed E-state index contributed by atoms with van der Waals surface area (Å²) in [7, 11) is 0. The molecule has 0 aliphatic carbocycles. The molecule has 0 aliphatic heterocycles. The first kappa shape index (κ1) is 15.8. The summed E-state index contributed by atoms with van der Waals surface area (Å²) in [5.74, 6) is -1.86. The Morgan fingerprint density at radius 1 is 1.30 bits per heavy atom. The molecule has 0 unspecified atom stereocenters. The van der Waals surface area contributed by atoms with Crippen LogP contribution in [0.25, 0.3) is 0 Å². The van der Waals surface area contributed by atoms with Gasteiger partial charge in [0.1, 0.15) is 11.8 Å². The van der Waals surface area contributed by atoms with Gasteiger partial charge in [0.05, 0.1) is 0 Å².